The molecule has 14 nitrogen and oxygen atoms in total. The number of aldehydes is 1. The standard InChI is InChI=1S/C32H57N8O6P/c1-20(2)15-22(29(45)34-17-26(33)42)36-27(43)18-35-30(46)23-11-10-13-39(23)25(19-41)32(38-37-31(5,6)7)24(16-21(3)4)40(32)28(44)12-14-47(8)9/h19-25,37-38H,8,10-18H2,1-7,9H3,(H4-,33,34,35,36,42,43,45,46)/p+1. The van der Waals surface area contributed by atoms with Crippen LogP contribution in [0.1, 0.15) is 80.6 Å². The predicted molar refractivity (Wildman–Crippen MR) is 184 cm³/mol. The molecule has 2 aliphatic heterocycles. The van der Waals surface area contributed by atoms with Crippen molar-refractivity contribution in [3.63, 3.8) is 0 Å². The van der Waals surface area contributed by atoms with Crippen molar-refractivity contribution in [2.24, 2.45) is 17.6 Å². The summed E-state index contributed by atoms with van der Waals surface area (Å²) in [5.74, 6) is -1.99. The molecule has 0 spiro atoms. The molecule has 266 valence electrons. The van der Waals surface area contributed by atoms with Gasteiger partial charge >= 0.3 is 0 Å². The minimum Gasteiger partial charge on any atom is -0.368 e. The van der Waals surface area contributed by atoms with Gasteiger partial charge in [-0.1, -0.05) is 27.7 Å². The zero-order valence-corrected chi connectivity index (χ0v) is 30.4. The van der Waals surface area contributed by atoms with E-state index in [0.29, 0.717) is 44.8 Å². The van der Waals surface area contributed by atoms with Crippen molar-refractivity contribution >= 4 is 49.7 Å². The van der Waals surface area contributed by atoms with E-state index in [9.17, 15) is 28.8 Å². The molecule has 0 aromatic rings. The van der Waals surface area contributed by atoms with Crippen LogP contribution in [-0.4, -0.2) is 120 Å². The van der Waals surface area contributed by atoms with Crippen LogP contribution >= 0.6 is 7.55 Å². The van der Waals surface area contributed by atoms with Crippen LogP contribution in [-0.2, 0) is 28.8 Å². The molecule has 2 rings (SSSR count). The first-order valence-corrected chi connectivity index (χ1v) is 18.7. The Labute approximate surface area is 280 Å². The average molecular weight is 682 g/mol. The van der Waals surface area contributed by atoms with E-state index in [2.05, 4.69) is 46.9 Å². The number of primary amides is 1. The smallest absolute Gasteiger partial charge is 0.243 e. The highest BCUT2D eigenvalue weighted by molar-refractivity contribution is 7.54. The summed E-state index contributed by atoms with van der Waals surface area (Å²) in [5.41, 5.74) is 10.4. The number of hydrogen-bond acceptors (Lipinski definition) is 9. The first kappa shape index (κ1) is 40.2. The van der Waals surface area contributed by atoms with E-state index in [1.165, 1.54) is 0 Å². The summed E-state index contributed by atoms with van der Waals surface area (Å²) < 4.78 is 0. The second kappa shape index (κ2) is 17.5. The summed E-state index contributed by atoms with van der Waals surface area (Å²) in [7, 11) is -0.530. The van der Waals surface area contributed by atoms with Gasteiger partial charge in [-0.05, 0) is 64.8 Å². The Balaban J connectivity index is 2.27. The molecule has 2 aliphatic rings. The SMILES string of the molecule is C=[P+](C)CCC(=O)N1C(CC(C)C)C1(NNC(C)(C)C)C(C=O)N1CCCC1C(=O)NCC(=O)NC(CC(C)C)C(=O)NCC(N)=O. The molecule has 0 bridgehead atoms. The second-order valence-electron chi connectivity index (χ2n) is 14.7. The van der Waals surface area contributed by atoms with Gasteiger partial charge in [0.25, 0.3) is 0 Å². The average Bonchev–Trinajstić information content (AvgIpc) is 3.30. The number of hydrazine groups is 1. The predicted octanol–water partition coefficient (Wildman–Crippen LogP) is 0.0466. The van der Waals surface area contributed by atoms with Gasteiger partial charge in [0.2, 0.25) is 29.5 Å². The molecule has 15 heteroatoms. The number of rotatable bonds is 19. The molecule has 0 aromatic heterocycles. The van der Waals surface area contributed by atoms with Gasteiger partial charge in [0, 0.05) is 5.54 Å². The zero-order valence-electron chi connectivity index (χ0n) is 29.5. The van der Waals surface area contributed by atoms with Gasteiger partial charge in [0.1, 0.15) is 30.2 Å². The molecule has 0 radical (unpaired) electrons. The van der Waals surface area contributed by atoms with E-state index in [1.807, 2.05) is 46.2 Å². The summed E-state index contributed by atoms with van der Waals surface area (Å²) in [6.45, 7) is 15.6. The third-order valence-electron chi connectivity index (χ3n) is 8.21. The topological polar surface area (TPSA) is 195 Å². The number of nitrogens with zero attached hydrogens (tertiary/aromatic N) is 2. The number of nitrogens with two attached hydrogens (primary N) is 1. The van der Waals surface area contributed by atoms with Crippen LogP contribution < -0.4 is 32.5 Å². The Kier molecular flexibility index (Phi) is 15.0. The van der Waals surface area contributed by atoms with E-state index in [4.69, 9.17) is 5.73 Å². The molecule has 2 saturated heterocycles. The number of hydrogen-bond donors (Lipinski definition) is 6. The number of likely N-dealkylation sites (tertiary alicyclic amines) is 1. The van der Waals surface area contributed by atoms with Crippen LogP contribution in [0.15, 0.2) is 0 Å². The van der Waals surface area contributed by atoms with E-state index in [0.717, 1.165) is 6.29 Å². The van der Waals surface area contributed by atoms with Crippen LogP contribution in [0.25, 0.3) is 0 Å². The van der Waals surface area contributed by atoms with Crippen molar-refractivity contribution in [2.45, 2.75) is 116 Å². The summed E-state index contributed by atoms with van der Waals surface area (Å²) in [6.07, 6.45) is 8.00. The quantitative estimate of drug-likeness (QED) is 0.0473. The first-order valence-electron chi connectivity index (χ1n) is 16.6. The second-order valence-corrected chi connectivity index (χ2v) is 16.9. The Morgan fingerprint density at radius 2 is 1.72 bits per heavy atom. The molecule has 47 heavy (non-hydrogen) atoms. The van der Waals surface area contributed by atoms with Crippen LogP contribution in [0.3, 0.4) is 0 Å². The fourth-order valence-electron chi connectivity index (χ4n) is 6.10. The van der Waals surface area contributed by atoms with Gasteiger partial charge in [-0.15, -0.1) is 0 Å². The molecule has 6 unspecified atom stereocenters. The van der Waals surface area contributed by atoms with Crippen molar-refractivity contribution in [3.8, 4) is 0 Å². The molecule has 7 N–H and O–H groups in total. The summed E-state index contributed by atoms with van der Waals surface area (Å²) in [6, 6.07) is -2.74. The lowest BCUT2D eigenvalue weighted by Gasteiger charge is -2.37. The van der Waals surface area contributed by atoms with Crippen molar-refractivity contribution in [3.05, 3.63) is 0 Å². The highest BCUT2D eigenvalue weighted by Gasteiger charge is 2.71. The highest BCUT2D eigenvalue weighted by atomic mass is 31.1. The molecular weight excluding hydrogens is 623 g/mol. The Morgan fingerprint density at radius 1 is 1.06 bits per heavy atom. The van der Waals surface area contributed by atoms with Gasteiger partial charge in [-0.25, -0.2) is 5.43 Å². The molecule has 0 aromatic carbocycles. The minimum atomic E-state index is -1.07. The highest BCUT2D eigenvalue weighted by Crippen LogP contribution is 2.48. The maximum atomic E-state index is 13.7. The summed E-state index contributed by atoms with van der Waals surface area (Å²) in [4.78, 5) is 80.5. The van der Waals surface area contributed by atoms with Gasteiger partial charge < -0.3 is 31.4 Å². The molecular formula is C32H58N8O6P+. The third-order valence-corrected chi connectivity index (χ3v) is 9.20. The van der Waals surface area contributed by atoms with Crippen LogP contribution in [0, 0.1) is 11.8 Å². The van der Waals surface area contributed by atoms with Crippen molar-refractivity contribution in [1.82, 2.24) is 36.6 Å². The maximum absolute atomic E-state index is 13.7. The molecule has 0 saturated carbocycles. The number of carbonyl (C=O) groups excluding carboxylic acids is 6. The van der Waals surface area contributed by atoms with Gasteiger partial charge in [-0.3, -0.25) is 34.3 Å². The van der Waals surface area contributed by atoms with E-state index in [1.54, 1.807) is 4.90 Å². The van der Waals surface area contributed by atoms with Crippen molar-refractivity contribution in [2.75, 3.05) is 32.5 Å². The van der Waals surface area contributed by atoms with Gasteiger partial charge in [0.15, 0.2) is 0 Å². The largest absolute Gasteiger partial charge is 0.368 e. The normalized spacial score (nSPS) is 22.9. The number of carbonyl (C=O) groups is 6. The minimum absolute atomic E-state index is 0.0589. The Morgan fingerprint density at radius 3 is 2.26 bits per heavy atom. The van der Waals surface area contributed by atoms with Gasteiger partial charge in [0.05, 0.1) is 52.1 Å². The molecule has 6 atom stereocenters. The number of nitrogens with one attached hydrogen (secondary N) is 5. The lowest BCUT2D eigenvalue weighted by atomic mass is 9.97. The molecule has 2 fully saturated rings. The maximum Gasteiger partial charge on any atom is 0.243 e. The first-order chi connectivity index (χ1) is 21.8. The van der Waals surface area contributed by atoms with Gasteiger partial charge in [-0.2, -0.15) is 0 Å². The fraction of sp³-hybridized carbons (Fsp3) is 0.781. The fourth-order valence-corrected chi connectivity index (χ4v) is 6.67. The van der Waals surface area contributed by atoms with Crippen LogP contribution in [0.2, 0.25) is 0 Å². The lowest BCUT2D eigenvalue weighted by molar-refractivity contribution is -0.133. The zero-order chi connectivity index (χ0) is 35.7. The summed E-state index contributed by atoms with van der Waals surface area (Å²) in [5, 5.41) is 7.73. The molecule has 5 amide bonds. The van der Waals surface area contributed by atoms with Crippen LogP contribution in [0.4, 0.5) is 0 Å². The monoisotopic (exact) mass is 681 g/mol. The molecule has 0 aliphatic carbocycles. The lowest BCUT2D eigenvalue weighted by Crippen LogP contribution is -2.65. The Bertz CT molecular complexity index is 1170. The van der Waals surface area contributed by atoms with E-state index >= 15 is 0 Å². The third kappa shape index (κ3) is 11.6. The molecule has 2 heterocycles. The van der Waals surface area contributed by atoms with E-state index in [-0.39, 0.29) is 42.4 Å². The Hall–Kier alpha value is -2.93. The van der Waals surface area contributed by atoms with Crippen LogP contribution in [0.5, 0.6) is 0 Å². The number of amides is 5. The van der Waals surface area contributed by atoms with E-state index < -0.39 is 55.0 Å². The summed E-state index contributed by atoms with van der Waals surface area (Å²) >= 11 is 0. The van der Waals surface area contributed by atoms with Crippen molar-refractivity contribution < 1.29 is 28.8 Å². The van der Waals surface area contributed by atoms with Crippen molar-refractivity contribution in [1.29, 1.82) is 0 Å².